The third kappa shape index (κ3) is 6.98. The first kappa shape index (κ1) is 20.1. The van der Waals surface area contributed by atoms with E-state index in [4.69, 9.17) is 11.6 Å². The Morgan fingerprint density at radius 3 is 2.73 bits per heavy atom. The maximum atomic E-state index is 12.4. The van der Waals surface area contributed by atoms with Crippen molar-refractivity contribution in [3.05, 3.63) is 52.4 Å². The molecule has 0 spiro atoms. The number of aryl methyl sites for hydroxylation is 1. The Bertz CT molecular complexity index is 736. The van der Waals surface area contributed by atoms with E-state index in [1.54, 1.807) is 13.0 Å². The Hall–Kier alpha value is -2.18. The van der Waals surface area contributed by atoms with E-state index >= 15 is 0 Å². The van der Waals surface area contributed by atoms with Crippen molar-refractivity contribution in [3.63, 3.8) is 0 Å². The zero-order chi connectivity index (χ0) is 18.9. The molecule has 1 aromatic carbocycles. The molecule has 140 valence electrons. The first-order valence-corrected chi connectivity index (χ1v) is 9.09. The van der Waals surface area contributed by atoms with Crippen LogP contribution in [0.3, 0.4) is 0 Å². The van der Waals surface area contributed by atoms with E-state index in [1.807, 2.05) is 38.4 Å². The number of benzene rings is 1. The van der Waals surface area contributed by atoms with Crippen molar-refractivity contribution in [3.8, 4) is 0 Å². The Morgan fingerprint density at radius 2 is 2.00 bits per heavy atom. The van der Waals surface area contributed by atoms with Gasteiger partial charge in [0.2, 0.25) is 0 Å². The summed E-state index contributed by atoms with van der Waals surface area (Å²) in [5.41, 5.74) is 1.46. The van der Waals surface area contributed by atoms with Crippen molar-refractivity contribution in [1.29, 1.82) is 0 Å². The average molecular weight is 376 g/mol. The zero-order valence-corrected chi connectivity index (χ0v) is 16.3. The van der Waals surface area contributed by atoms with Gasteiger partial charge < -0.3 is 15.5 Å². The van der Waals surface area contributed by atoms with E-state index in [-0.39, 0.29) is 5.91 Å². The molecule has 7 heteroatoms. The van der Waals surface area contributed by atoms with Gasteiger partial charge in [-0.15, -0.1) is 0 Å². The van der Waals surface area contributed by atoms with E-state index < -0.39 is 0 Å². The fourth-order valence-corrected chi connectivity index (χ4v) is 2.70. The standard InChI is InChI=1S/C19H26ClN5O/c1-14-23-17(13-18(24-14)21-9-5-11-25(2)3)19(26)22-10-8-15-6-4-7-16(20)12-15/h4,6-7,12-13H,5,8-11H2,1-3H3,(H,22,26)(H,21,23,24). The summed E-state index contributed by atoms with van der Waals surface area (Å²) < 4.78 is 0. The van der Waals surface area contributed by atoms with Gasteiger partial charge >= 0.3 is 0 Å². The van der Waals surface area contributed by atoms with Crippen LogP contribution in [0.2, 0.25) is 5.02 Å². The summed E-state index contributed by atoms with van der Waals surface area (Å²) in [7, 11) is 4.08. The van der Waals surface area contributed by atoms with Gasteiger partial charge in [-0.1, -0.05) is 23.7 Å². The van der Waals surface area contributed by atoms with Crippen molar-refractivity contribution in [2.45, 2.75) is 19.8 Å². The van der Waals surface area contributed by atoms with Gasteiger partial charge in [0.1, 0.15) is 17.3 Å². The number of hydrogen-bond acceptors (Lipinski definition) is 5. The minimum absolute atomic E-state index is 0.200. The highest BCUT2D eigenvalue weighted by Crippen LogP contribution is 2.11. The molecule has 1 heterocycles. The molecule has 26 heavy (non-hydrogen) atoms. The summed E-state index contributed by atoms with van der Waals surface area (Å²) in [6.45, 7) is 4.10. The van der Waals surface area contributed by atoms with Gasteiger partial charge in [0.05, 0.1) is 0 Å². The molecule has 0 saturated heterocycles. The predicted molar refractivity (Wildman–Crippen MR) is 106 cm³/mol. The van der Waals surface area contributed by atoms with Crippen LogP contribution in [0.1, 0.15) is 28.3 Å². The third-order valence-electron chi connectivity index (χ3n) is 3.75. The second-order valence-electron chi connectivity index (χ2n) is 6.41. The van der Waals surface area contributed by atoms with Crippen molar-refractivity contribution in [2.75, 3.05) is 39.0 Å². The number of nitrogens with one attached hydrogen (secondary N) is 2. The van der Waals surface area contributed by atoms with Gasteiger partial charge in [0.15, 0.2) is 0 Å². The minimum Gasteiger partial charge on any atom is -0.370 e. The normalized spacial score (nSPS) is 10.8. The number of carbonyl (C=O) groups excluding carboxylic acids is 1. The molecule has 0 saturated carbocycles. The van der Waals surface area contributed by atoms with Crippen LogP contribution in [0.15, 0.2) is 30.3 Å². The van der Waals surface area contributed by atoms with E-state index in [9.17, 15) is 4.79 Å². The molecular weight excluding hydrogens is 350 g/mol. The quantitative estimate of drug-likeness (QED) is 0.659. The van der Waals surface area contributed by atoms with Crippen LogP contribution >= 0.6 is 11.6 Å². The van der Waals surface area contributed by atoms with Crippen LogP contribution < -0.4 is 10.6 Å². The van der Waals surface area contributed by atoms with Gasteiger partial charge in [-0.3, -0.25) is 4.79 Å². The molecule has 0 aliphatic rings. The largest absolute Gasteiger partial charge is 0.370 e. The highest BCUT2D eigenvalue weighted by molar-refractivity contribution is 6.30. The summed E-state index contributed by atoms with van der Waals surface area (Å²) >= 11 is 5.97. The Morgan fingerprint density at radius 1 is 1.19 bits per heavy atom. The lowest BCUT2D eigenvalue weighted by molar-refractivity contribution is 0.0949. The number of rotatable bonds is 9. The van der Waals surface area contributed by atoms with Crippen molar-refractivity contribution < 1.29 is 4.79 Å². The van der Waals surface area contributed by atoms with Crippen LogP contribution in [0.25, 0.3) is 0 Å². The van der Waals surface area contributed by atoms with Crippen LogP contribution in [-0.4, -0.2) is 54.5 Å². The molecule has 0 fully saturated rings. The van der Waals surface area contributed by atoms with Crippen LogP contribution in [0.4, 0.5) is 5.82 Å². The first-order valence-electron chi connectivity index (χ1n) is 8.71. The first-order chi connectivity index (χ1) is 12.4. The fraction of sp³-hybridized carbons (Fsp3) is 0.421. The number of hydrogen-bond donors (Lipinski definition) is 2. The van der Waals surface area contributed by atoms with Gasteiger partial charge in [0, 0.05) is 24.2 Å². The van der Waals surface area contributed by atoms with E-state index in [0.717, 1.165) is 25.1 Å². The molecule has 0 radical (unpaired) electrons. The van der Waals surface area contributed by atoms with Crippen molar-refractivity contribution in [2.24, 2.45) is 0 Å². The Balaban J connectivity index is 1.87. The summed E-state index contributed by atoms with van der Waals surface area (Å²) in [5.74, 6) is 1.05. The maximum Gasteiger partial charge on any atom is 0.270 e. The summed E-state index contributed by atoms with van der Waals surface area (Å²) in [4.78, 5) is 23.1. The smallest absolute Gasteiger partial charge is 0.270 e. The van der Waals surface area contributed by atoms with Gasteiger partial charge in [-0.2, -0.15) is 0 Å². The number of nitrogens with zero attached hydrogens (tertiary/aromatic N) is 3. The maximum absolute atomic E-state index is 12.4. The fourth-order valence-electron chi connectivity index (χ4n) is 2.49. The number of halogens is 1. The summed E-state index contributed by atoms with van der Waals surface area (Å²) in [6.07, 6.45) is 1.71. The zero-order valence-electron chi connectivity index (χ0n) is 15.6. The lowest BCUT2D eigenvalue weighted by atomic mass is 10.1. The molecule has 0 aliphatic carbocycles. The number of amides is 1. The molecule has 2 N–H and O–H groups in total. The molecule has 0 unspecified atom stereocenters. The molecule has 0 aliphatic heterocycles. The Kier molecular flexibility index (Phi) is 7.81. The number of carbonyl (C=O) groups is 1. The van der Waals surface area contributed by atoms with E-state index in [0.29, 0.717) is 35.3 Å². The molecule has 1 amide bonds. The van der Waals surface area contributed by atoms with Crippen molar-refractivity contribution in [1.82, 2.24) is 20.2 Å². The third-order valence-corrected chi connectivity index (χ3v) is 3.98. The molecular formula is C19H26ClN5O. The predicted octanol–water partition coefficient (Wildman–Crippen LogP) is 2.77. The minimum atomic E-state index is -0.200. The van der Waals surface area contributed by atoms with Crippen LogP contribution in [0, 0.1) is 6.92 Å². The van der Waals surface area contributed by atoms with E-state index in [1.165, 1.54) is 0 Å². The van der Waals surface area contributed by atoms with Crippen molar-refractivity contribution >= 4 is 23.3 Å². The lowest BCUT2D eigenvalue weighted by Crippen LogP contribution is -2.27. The highest BCUT2D eigenvalue weighted by Gasteiger charge is 2.10. The molecule has 6 nitrogen and oxygen atoms in total. The SMILES string of the molecule is Cc1nc(NCCCN(C)C)cc(C(=O)NCCc2cccc(Cl)c2)n1. The number of anilines is 1. The Labute approximate surface area is 160 Å². The second-order valence-corrected chi connectivity index (χ2v) is 6.84. The van der Waals surface area contributed by atoms with Crippen LogP contribution in [-0.2, 0) is 6.42 Å². The molecule has 0 bridgehead atoms. The number of aromatic nitrogens is 2. The summed E-state index contributed by atoms with van der Waals surface area (Å²) in [6, 6.07) is 9.32. The molecule has 0 atom stereocenters. The summed E-state index contributed by atoms with van der Waals surface area (Å²) in [5, 5.41) is 6.85. The van der Waals surface area contributed by atoms with Gasteiger partial charge in [-0.25, -0.2) is 9.97 Å². The van der Waals surface area contributed by atoms with E-state index in [2.05, 4.69) is 25.5 Å². The van der Waals surface area contributed by atoms with Crippen LogP contribution in [0.5, 0.6) is 0 Å². The van der Waals surface area contributed by atoms with Gasteiger partial charge in [-0.05, 0) is 58.1 Å². The molecule has 1 aromatic heterocycles. The molecule has 2 aromatic rings. The monoisotopic (exact) mass is 375 g/mol. The molecule has 2 rings (SSSR count). The average Bonchev–Trinajstić information content (AvgIpc) is 2.58. The van der Waals surface area contributed by atoms with Gasteiger partial charge in [0.25, 0.3) is 5.91 Å². The highest BCUT2D eigenvalue weighted by atomic mass is 35.5. The lowest BCUT2D eigenvalue weighted by Gasteiger charge is -2.11. The topological polar surface area (TPSA) is 70.2 Å². The second kappa shape index (κ2) is 10.1.